The monoisotopic (exact) mass is 1020 g/mol. The fraction of sp³-hybridized carbons (Fsp3) is 0.474. The molecule has 2 bridgehead atoms. The SMILES string of the molecule is C=CC(C)(C)n1cc(C[C@@H]2NC(=O)[C@H](Cc3ccccn3)NC(=O)[C@H](CC(C)C)N3CCC[C@@H](C3=O)N(C)C(=O)[C@H](C)NC(=O)[C@H](Cc3ccc4ncncc4c3)NC(=O)[C@H](CC(C)C)N(C)C2=O)c2ccccc21. The Morgan fingerprint density at radius 2 is 1.37 bits per heavy atom. The van der Waals surface area contributed by atoms with Crippen molar-refractivity contribution in [1.29, 1.82) is 0 Å². The van der Waals surface area contributed by atoms with Crippen LogP contribution in [0.4, 0.5) is 0 Å². The van der Waals surface area contributed by atoms with Crippen LogP contribution in [0.3, 0.4) is 0 Å². The third kappa shape index (κ3) is 12.9. The Balaban J connectivity index is 1.36. The van der Waals surface area contributed by atoms with Crippen molar-refractivity contribution in [3.05, 3.63) is 115 Å². The number of carbonyl (C=O) groups excluding carboxylic acids is 7. The number of nitrogens with one attached hydrogen (secondary N) is 4. The van der Waals surface area contributed by atoms with Crippen LogP contribution in [0, 0.1) is 11.8 Å². The fourth-order valence-corrected chi connectivity index (χ4v) is 10.3. The van der Waals surface area contributed by atoms with Crippen LogP contribution in [0.25, 0.3) is 21.8 Å². The van der Waals surface area contributed by atoms with Crippen molar-refractivity contribution < 1.29 is 33.6 Å². The van der Waals surface area contributed by atoms with Gasteiger partial charge in [-0.2, -0.15) is 0 Å². The van der Waals surface area contributed by atoms with E-state index >= 15 is 14.4 Å². The lowest BCUT2D eigenvalue weighted by Crippen LogP contribution is -2.62. The van der Waals surface area contributed by atoms with Gasteiger partial charge >= 0.3 is 0 Å². The van der Waals surface area contributed by atoms with E-state index in [1.807, 2.05) is 84.1 Å². The number of piperidine rings is 1. The molecule has 0 unspecified atom stereocenters. The molecule has 0 radical (unpaired) electrons. The van der Waals surface area contributed by atoms with Crippen molar-refractivity contribution in [3.8, 4) is 0 Å². The lowest BCUT2D eigenvalue weighted by Gasteiger charge is -2.41. The maximum atomic E-state index is 15.5. The fourth-order valence-electron chi connectivity index (χ4n) is 10.3. The Bertz CT molecular complexity index is 2920. The summed E-state index contributed by atoms with van der Waals surface area (Å²) in [6, 6.07) is 10.3. The van der Waals surface area contributed by atoms with E-state index in [-0.39, 0.29) is 50.5 Å². The number of carbonyl (C=O) groups is 7. The highest BCUT2D eigenvalue weighted by Crippen LogP contribution is 2.30. The summed E-state index contributed by atoms with van der Waals surface area (Å²) >= 11 is 0. The molecule has 2 aliphatic rings. The minimum Gasteiger partial charge on any atom is -0.343 e. The normalized spacial score (nSPS) is 23.3. The van der Waals surface area contributed by atoms with E-state index in [4.69, 9.17) is 0 Å². The number of aromatic nitrogens is 4. The van der Waals surface area contributed by atoms with Crippen molar-refractivity contribution in [2.24, 2.45) is 11.8 Å². The molecule has 7 atom stereocenters. The molecule has 3 aromatic heterocycles. The zero-order chi connectivity index (χ0) is 54.3. The lowest BCUT2D eigenvalue weighted by molar-refractivity contribution is -0.153. The minimum atomic E-state index is -1.30. The van der Waals surface area contributed by atoms with E-state index in [0.717, 1.165) is 16.5 Å². The molecule has 5 heterocycles. The van der Waals surface area contributed by atoms with Gasteiger partial charge in [-0.05, 0) is 99.7 Å². The van der Waals surface area contributed by atoms with Gasteiger partial charge in [-0.3, -0.25) is 38.5 Å². The number of benzene rings is 2. The summed E-state index contributed by atoms with van der Waals surface area (Å²) < 4.78 is 2.06. The third-order valence-electron chi connectivity index (χ3n) is 14.5. The number of pyridine rings is 1. The topological polar surface area (TPSA) is 221 Å². The lowest BCUT2D eigenvalue weighted by atomic mass is 9.95. The number of allylic oxidation sites excluding steroid dienone is 1. The van der Waals surface area contributed by atoms with Crippen LogP contribution in [0.1, 0.15) is 91.0 Å². The molecule has 398 valence electrons. The molecule has 0 aliphatic carbocycles. The first-order chi connectivity index (χ1) is 35.7. The van der Waals surface area contributed by atoms with Gasteiger partial charge in [-0.25, -0.2) is 9.97 Å². The molecule has 7 amide bonds. The van der Waals surface area contributed by atoms with Gasteiger partial charge in [0.2, 0.25) is 41.4 Å². The average molecular weight is 1020 g/mol. The first kappa shape index (κ1) is 55.3. The van der Waals surface area contributed by atoms with Crippen molar-refractivity contribution in [2.75, 3.05) is 20.6 Å². The van der Waals surface area contributed by atoms with Crippen molar-refractivity contribution >= 4 is 63.2 Å². The van der Waals surface area contributed by atoms with Gasteiger partial charge in [-0.15, -0.1) is 6.58 Å². The molecular formula is C57H73N11O7. The molecule has 2 fully saturated rings. The quantitative estimate of drug-likeness (QED) is 0.127. The molecule has 2 aliphatic heterocycles. The predicted molar refractivity (Wildman–Crippen MR) is 287 cm³/mol. The minimum absolute atomic E-state index is 0.0129. The largest absolute Gasteiger partial charge is 0.343 e. The van der Waals surface area contributed by atoms with Crippen LogP contribution in [-0.2, 0) is 58.4 Å². The average Bonchev–Trinajstić information content (AvgIpc) is 3.77. The summed E-state index contributed by atoms with van der Waals surface area (Å²) in [5.41, 5.74) is 2.89. The molecule has 18 nitrogen and oxygen atoms in total. The van der Waals surface area contributed by atoms with Gasteiger partial charge in [0.15, 0.2) is 0 Å². The Morgan fingerprint density at radius 1 is 0.720 bits per heavy atom. The van der Waals surface area contributed by atoms with Crippen LogP contribution in [0.15, 0.2) is 98.2 Å². The van der Waals surface area contributed by atoms with E-state index in [0.29, 0.717) is 35.0 Å². The molecular weight excluding hydrogens is 951 g/mol. The summed E-state index contributed by atoms with van der Waals surface area (Å²) in [7, 11) is 3.02. The second-order valence-corrected chi connectivity index (χ2v) is 21.5. The Kier molecular flexibility index (Phi) is 17.5. The summed E-state index contributed by atoms with van der Waals surface area (Å²) in [5, 5.41) is 13.3. The third-order valence-corrected chi connectivity index (χ3v) is 14.5. The second-order valence-electron chi connectivity index (χ2n) is 21.5. The molecule has 0 saturated carbocycles. The van der Waals surface area contributed by atoms with Gasteiger partial charge in [-0.1, -0.05) is 64.1 Å². The predicted octanol–water partition coefficient (Wildman–Crippen LogP) is 4.64. The maximum Gasteiger partial charge on any atom is 0.246 e. The number of amides is 7. The van der Waals surface area contributed by atoms with Gasteiger partial charge in [0, 0.05) is 80.5 Å². The molecule has 5 aromatic rings. The zero-order valence-electron chi connectivity index (χ0n) is 44.7. The van der Waals surface area contributed by atoms with E-state index in [2.05, 4.69) is 47.4 Å². The zero-order valence-corrected chi connectivity index (χ0v) is 44.7. The van der Waals surface area contributed by atoms with E-state index < -0.39 is 89.2 Å². The Morgan fingerprint density at radius 3 is 2.07 bits per heavy atom. The first-order valence-electron chi connectivity index (χ1n) is 26.0. The highest BCUT2D eigenvalue weighted by Gasteiger charge is 2.43. The highest BCUT2D eigenvalue weighted by molar-refractivity contribution is 5.99. The molecule has 2 saturated heterocycles. The number of rotatable bonds is 12. The van der Waals surface area contributed by atoms with Crippen molar-refractivity contribution in [3.63, 3.8) is 0 Å². The smallest absolute Gasteiger partial charge is 0.246 e. The Hall–Kier alpha value is -7.50. The van der Waals surface area contributed by atoms with Gasteiger partial charge < -0.3 is 40.5 Å². The molecule has 7 rings (SSSR count). The second kappa shape index (κ2) is 23.8. The first-order valence-corrected chi connectivity index (χ1v) is 26.0. The standard InChI is InChI=1S/C57H73N11O7/c1-11-57(7,8)68-32-39(41-18-12-13-19-46(41)68)29-45-55(74)66(10)48(25-34(2)3)52(71)62-43(28-37-21-22-42-38(27-37)31-58-33-60-42)50(69)61-36(6)54(73)65(9)47-20-16-24-67(56(47)75)49(26-35(4)5)53(72)63-44(51(70)64-45)30-40-17-14-15-23-59-40/h11-15,17-19,21-23,27,31-36,43-45,47-49H,1,16,20,24-26,28-30H2,2-10H3,(H,61,69)(H,62,71)(H,63,72)(H,64,70)/t36-,43-,44-,45-,47-,48-,49-/m0/s1. The molecule has 2 aromatic carbocycles. The van der Waals surface area contributed by atoms with E-state index in [1.165, 1.54) is 42.0 Å². The van der Waals surface area contributed by atoms with E-state index in [1.54, 1.807) is 42.7 Å². The van der Waals surface area contributed by atoms with Crippen LogP contribution in [-0.4, -0.2) is 139 Å². The van der Waals surface area contributed by atoms with Crippen LogP contribution < -0.4 is 21.3 Å². The van der Waals surface area contributed by atoms with Gasteiger partial charge in [0.1, 0.15) is 48.6 Å². The number of fused-ring (bicyclic) bond motifs is 4. The molecule has 0 spiro atoms. The molecule has 18 heteroatoms. The maximum absolute atomic E-state index is 15.5. The van der Waals surface area contributed by atoms with Crippen LogP contribution in [0.5, 0.6) is 0 Å². The summed E-state index contributed by atoms with van der Waals surface area (Å²) in [5.74, 6) is -4.36. The van der Waals surface area contributed by atoms with Gasteiger partial charge in [0.25, 0.3) is 0 Å². The van der Waals surface area contributed by atoms with Crippen molar-refractivity contribution in [1.82, 2.24) is 55.5 Å². The highest BCUT2D eigenvalue weighted by atomic mass is 16.2. The number of para-hydroxylation sites is 1. The summed E-state index contributed by atoms with van der Waals surface area (Å²) in [6.45, 7) is 17.6. The van der Waals surface area contributed by atoms with Crippen LogP contribution in [0.2, 0.25) is 0 Å². The molecule has 4 N–H and O–H groups in total. The number of nitrogens with zero attached hydrogens (tertiary/aromatic N) is 7. The summed E-state index contributed by atoms with van der Waals surface area (Å²) in [6.07, 6.45) is 9.54. The summed E-state index contributed by atoms with van der Waals surface area (Å²) in [4.78, 5) is 121. The molecule has 75 heavy (non-hydrogen) atoms. The van der Waals surface area contributed by atoms with Gasteiger partial charge in [0.05, 0.1) is 11.1 Å². The van der Waals surface area contributed by atoms with Crippen molar-refractivity contribution in [2.45, 2.75) is 141 Å². The number of hydrogen-bond acceptors (Lipinski definition) is 10. The number of hydrogen-bond donors (Lipinski definition) is 4. The van der Waals surface area contributed by atoms with E-state index in [9.17, 15) is 19.2 Å². The number of likely N-dealkylation sites (N-methyl/N-ethyl adjacent to an activating group) is 2. The van der Waals surface area contributed by atoms with Crippen LogP contribution >= 0.6 is 0 Å². The Labute approximate surface area is 439 Å².